The summed E-state index contributed by atoms with van der Waals surface area (Å²) in [6, 6.07) is 9.17. The molecule has 2 N–H and O–H groups in total. The average molecular weight is 285 g/mol. The maximum atomic E-state index is 12.7. The van der Waals surface area contributed by atoms with Crippen LogP contribution in [0.5, 0.6) is 0 Å². The Balaban J connectivity index is 2.51. The van der Waals surface area contributed by atoms with Crippen molar-refractivity contribution in [3.05, 3.63) is 41.6 Å². The highest BCUT2D eigenvalue weighted by atomic mass is 16.2. The van der Waals surface area contributed by atoms with Crippen LogP contribution in [0, 0.1) is 6.92 Å². The van der Waals surface area contributed by atoms with Gasteiger partial charge in [-0.3, -0.25) is 14.6 Å². The number of benzene rings is 1. The first-order valence-corrected chi connectivity index (χ1v) is 6.86. The van der Waals surface area contributed by atoms with Gasteiger partial charge in [0.2, 0.25) is 5.91 Å². The third-order valence-electron chi connectivity index (χ3n) is 3.30. The van der Waals surface area contributed by atoms with Crippen molar-refractivity contribution in [3.63, 3.8) is 0 Å². The fourth-order valence-electron chi connectivity index (χ4n) is 2.23. The molecular weight excluding hydrogens is 266 g/mol. The predicted molar refractivity (Wildman–Crippen MR) is 81.8 cm³/mol. The number of aromatic nitrogens is 1. The van der Waals surface area contributed by atoms with Crippen LogP contribution in [-0.4, -0.2) is 34.3 Å². The average Bonchev–Trinajstić information content (AvgIpc) is 2.43. The Morgan fingerprint density at radius 2 is 1.95 bits per heavy atom. The molecule has 0 saturated heterocycles. The Morgan fingerprint density at radius 1 is 1.24 bits per heavy atom. The molecule has 0 atom stereocenters. The van der Waals surface area contributed by atoms with Crippen molar-refractivity contribution in [1.82, 2.24) is 9.88 Å². The minimum Gasteiger partial charge on any atom is -0.368 e. The monoisotopic (exact) mass is 285 g/mol. The predicted octanol–water partition coefficient (Wildman–Crippen LogP) is 1.88. The van der Waals surface area contributed by atoms with Crippen LogP contribution in [0.4, 0.5) is 0 Å². The summed E-state index contributed by atoms with van der Waals surface area (Å²) in [5.41, 5.74) is 7.22. The molecule has 5 nitrogen and oxygen atoms in total. The van der Waals surface area contributed by atoms with E-state index in [1.54, 1.807) is 6.07 Å². The number of carbonyl (C=O) groups excluding carboxylic acids is 2. The number of fused-ring (bicyclic) bond motifs is 1. The third kappa shape index (κ3) is 3.18. The van der Waals surface area contributed by atoms with E-state index in [0.29, 0.717) is 11.1 Å². The molecule has 2 aromatic rings. The Labute approximate surface area is 123 Å². The molecule has 2 amide bonds. The lowest BCUT2D eigenvalue weighted by Crippen LogP contribution is -2.42. The molecule has 0 fully saturated rings. The molecule has 1 aromatic carbocycles. The SMILES string of the molecule is Cc1ccc2cccc(C(=O)N(CC(N)=O)C(C)C)c2n1. The first-order chi connectivity index (χ1) is 9.90. The van der Waals surface area contributed by atoms with Gasteiger partial charge in [-0.15, -0.1) is 0 Å². The van der Waals surface area contributed by atoms with Gasteiger partial charge >= 0.3 is 0 Å². The van der Waals surface area contributed by atoms with Gasteiger partial charge in [-0.05, 0) is 32.9 Å². The van der Waals surface area contributed by atoms with Crippen molar-refractivity contribution >= 4 is 22.7 Å². The summed E-state index contributed by atoms with van der Waals surface area (Å²) in [4.78, 5) is 29.8. The Kier molecular flexibility index (Phi) is 4.21. The standard InChI is InChI=1S/C16H19N3O2/c1-10(2)19(9-14(17)20)16(21)13-6-4-5-12-8-7-11(3)18-15(12)13/h4-8,10H,9H2,1-3H3,(H2,17,20). The number of carbonyl (C=O) groups is 2. The lowest BCUT2D eigenvalue weighted by molar-refractivity contribution is -0.119. The molecule has 110 valence electrons. The lowest BCUT2D eigenvalue weighted by Gasteiger charge is -2.25. The summed E-state index contributed by atoms with van der Waals surface area (Å²) in [6.07, 6.45) is 0. The Morgan fingerprint density at radius 3 is 2.57 bits per heavy atom. The molecule has 1 aromatic heterocycles. The third-order valence-corrected chi connectivity index (χ3v) is 3.30. The van der Waals surface area contributed by atoms with E-state index in [1.165, 1.54) is 4.90 Å². The Hall–Kier alpha value is -2.43. The van der Waals surface area contributed by atoms with Crippen molar-refractivity contribution in [2.45, 2.75) is 26.8 Å². The number of hydrogen-bond donors (Lipinski definition) is 1. The zero-order chi connectivity index (χ0) is 15.6. The number of amides is 2. The highest BCUT2D eigenvalue weighted by molar-refractivity contribution is 6.06. The summed E-state index contributed by atoms with van der Waals surface area (Å²) >= 11 is 0. The summed E-state index contributed by atoms with van der Waals surface area (Å²) in [7, 11) is 0. The van der Waals surface area contributed by atoms with Gasteiger partial charge in [0.05, 0.1) is 17.6 Å². The zero-order valence-corrected chi connectivity index (χ0v) is 12.5. The van der Waals surface area contributed by atoms with Gasteiger partial charge in [-0.2, -0.15) is 0 Å². The number of pyridine rings is 1. The second-order valence-electron chi connectivity index (χ2n) is 5.32. The fraction of sp³-hybridized carbons (Fsp3) is 0.312. The van der Waals surface area contributed by atoms with E-state index >= 15 is 0 Å². The molecule has 1 heterocycles. The minimum atomic E-state index is -0.526. The van der Waals surface area contributed by atoms with Crippen molar-refractivity contribution < 1.29 is 9.59 Å². The van der Waals surface area contributed by atoms with Crippen molar-refractivity contribution in [3.8, 4) is 0 Å². The Bertz CT molecular complexity index is 695. The van der Waals surface area contributed by atoms with E-state index in [-0.39, 0.29) is 18.5 Å². The van der Waals surface area contributed by atoms with Crippen LogP contribution in [0.3, 0.4) is 0 Å². The molecule has 0 aliphatic rings. The van der Waals surface area contributed by atoms with Crippen LogP contribution in [0.15, 0.2) is 30.3 Å². The molecule has 0 saturated carbocycles. The molecular formula is C16H19N3O2. The van der Waals surface area contributed by atoms with E-state index < -0.39 is 5.91 Å². The largest absolute Gasteiger partial charge is 0.368 e. The summed E-state index contributed by atoms with van der Waals surface area (Å²) in [5, 5.41) is 0.897. The number of hydrogen-bond acceptors (Lipinski definition) is 3. The van der Waals surface area contributed by atoms with E-state index in [2.05, 4.69) is 4.98 Å². The van der Waals surface area contributed by atoms with Crippen LogP contribution in [0.25, 0.3) is 10.9 Å². The van der Waals surface area contributed by atoms with Crippen molar-refractivity contribution in [2.75, 3.05) is 6.54 Å². The zero-order valence-electron chi connectivity index (χ0n) is 12.5. The molecule has 0 aliphatic carbocycles. The molecule has 0 spiro atoms. The highest BCUT2D eigenvalue weighted by Gasteiger charge is 2.22. The summed E-state index contributed by atoms with van der Waals surface area (Å²) in [5.74, 6) is -0.756. The van der Waals surface area contributed by atoms with Crippen molar-refractivity contribution in [1.29, 1.82) is 0 Å². The van der Waals surface area contributed by atoms with Crippen LogP contribution in [0.1, 0.15) is 29.9 Å². The van der Waals surface area contributed by atoms with E-state index in [9.17, 15) is 9.59 Å². The number of primary amides is 1. The van der Waals surface area contributed by atoms with E-state index in [1.807, 2.05) is 45.0 Å². The number of nitrogens with zero attached hydrogens (tertiary/aromatic N) is 2. The van der Waals surface area contributed by atoms with Gasteiger partial charge in [0, 0.05) is 17.1 Å². The van der Waals surface area contributed by atoms with Crippen LogP contribution in [-0.2, 0) is 4.79 Å². The van der Waals surface area contributed by atoms with E-state index in [4.69, 9.17) is 5.73 Å². The van der Waals surface area contributed by atoms with Gasteiger partial charge < -0.3 is 10.6 Å². The topological polar surface area (TPSA) is 76.3 Å². The smallest absolute Gasteiger partial charge is 0.256 e. The summed E-state index contributed by atoms with van der Waals surface area (Å²) in [6.45, 7) is 5.48. The fourth-order valence-corrected chi connectivity index (χ4v) is 2.23. The second kappa shape index (κ2) is 5.91. The first kappa shape index (κ1) is 15.0. The number of rotatable bonds is 4. The van der Waals surface area contributed by atoms with Crippen LogP contribution in [0.2, 0.25) is 0 Å². The van der Waals surface area contributed by atoms with Crippen molar-refractivity contribution in [2.24, 2.45) is 5.73 Å². The van der Waals surface area contributed by atoms with Gasteiger partial charge in [0.15, 0.2) is 0 Å². The van der Waals surface area contributed by atoms with Crippen LogP contribution < -0.4 is 5.73 Å². The molecule has 0 unspecified atom stereocenters. The lowest BCUT2D eigenvalue weighted by atomic mass is 10.1. The quantitative estimate of drug-likeness (QED) is 0.931. The first-order valence-electron chi connectivity index (χ1n) is 6.86. The normalized spacial score (nSPS) is 10.9. The number of aryl methyl sites for hydroxylation is 1. The molecule has 0 bridgehead atoms. The second-order valence-corrected chi connectivity index (χ2v) is 5.32. The number of nitrogens with two attached hydrogens (primary N) is 1. The van der Waals surface area contributed by atoms with Crippen LogP contribution >= 0.6 is 0 Å². The maximum Gasteiger partial charge on any atom is 0.256 e. The molecule has 0 radical (unpaired) electrons. The van der Waals surface area contributed by atoms with Gasteiger partial charge in [0.1, 0.15) is 0 Å². The molecule has 2 rings (SSSR count). The van der Waals surface area contributed by atoms with Gasteiger partial charge in [-0.25, -0.2) is 0 Å². The van der Waals surface area contributed by atoms with Gasteiger partial charge in [0.25, 0.3) is 5.91 Å². The highest BCUT2D eigenvalue weighted by Crippen LogP contribution is 2.19. The molecule has 21 heavy (non-hydrogen) atoms. The van der Waals surface area contributed by atoms with E-state index in [0.717, 1.165) is 11.1 Å². The summed E-state index contributed by atoms with van der Waals surface area (Å²) < 4.78 is 0. The number of para-hydroxylation sites is 1. The maximum absolute atomic E-state index is 12.7. The van der Waals surface area contributed by atoms with Gasteiger partial charge in [-0.1, -0.05) is 18.2 Å². The molecule has 5 heteroatoms. The molecule has 0 aliphatic heterocycles. The minimum absolute atomic E-state index is 0.0985.